The summed E-state index contributed by atoms with van der Waals surface area (Å²) < 4.78 is 72.0. The van der Waals surface area contributed by atoms with Gasteiger partial charge in [-0.3, -0.25) is 0 Å². The number of ether oxygens (including phenoxy) is 2. The van der Waals surface area contributed by atoms with E-state index in [1.807, 2.05) is 0 Å². The number of carbonyl (C=O) groups excluding carboxylic acids is 1. The van der Waals surface area contributed by atoms with Crippen LogP contribution in [0, 0.1) is 0 Å². The van der Waals surface area contributed by atoms with Crippen LogP contribution in [0.5, 0.6) is 5.75 Å². The molecule has 0 aliphatic carbocycles. The van der Waals surface area contributed by atoms with Crippen LogP contribution in [0.2, 0.25) is 0 Å². The van der Waals surface area contributed by atoms with Crippen LogP contribution >= 0.6 is 0 Å². The predicted molar refractivity (Wildman–Crippen MR) is 52.1 cm³/mol. The van der Waals surface area contributed by atoms with Gasteiger partial charge in [-0.25, -0.2) is 18.6 Å². The van der Waals surface area contributed by atoms with Gasteiger partial charge >= 0.3 is 12.1 Å². The minimum absolute atomic E-state index is 0.388. The first kappa shape index (κ1) is 15.1. The second-order valence-corrected chi connectivity index (χ2v) is 3.26. The predicted octanol–water partition coefficient (Wildman–Crippen LogP) is 2.83. The largest absolute Gasteiger partial charge is 0.494 e. The Bertz CT molecular complexity index is 487. The molecule has 0 aliphatic heterocycles. The highest BCUT2D eigenvalue weighted by Gasteiger charge is 2.40. The molecule has 0 atom stereocenters. The monoisotopic (exact) mass is 285 g/mol. The van der Waals surface area contributed by atoms with Crippen LogP contribution in [-0.4, -0.2) is 25.2 Å². The molecule has 0 amide bonds. The Morgan fingerprint density at radius 1 is 1.32 bits per heavy atom. The van der Waals surface area contributed by atoms with Crippen LogP contribution in [0.4, 0.5) is 22.0 Å². The van der Waals surface area contributed by atoms with E-state index in [-0.39, 0.29) is 0 Å². The molecule has 1 aromatic heterocycles. The summed E-state index contributed by atoms with van der Waals surface area (Å²) in [5, 5.41) is 0. The summed E-state index contributed by atoms with van der Waals surface area (Å²) in [5.74, 6) is -2.42. The first-order chi connectivity index (χ1) is 8.73. The van der Waals surface area contributed by atoms with E-state index in [9.17, 15) is 26.7 Å². The molecule has 0 radical (unpaired) electrons. The molecule has 0 bridgehead atoms. The third-order valence-corrected chi connectivity index (χ3v) is 2.17. The standard InChI is InChI=1S/C10H8F5NO3/c1-18-6-5(8(11)12)4(9(17)19-2)3-16-7(6)10(13,14)15/h3,8H,1-2H3. The number of hydrogen-bond acceptors (Lipinski definition) is 4. The van der Waals surface area contributed by atoms with Crippen molar-refractivity contribution in [2.45, 2.75) is 12.6 Å². The lowest BCUT2D eigenvalue weighted by Gasteiger charge is -2.16. The van der Waals surface area contributed by atoms with Gasteiger partial charge in [0.25, 0.3) is 6.43 Å². The van der Waals surface area contributed by atoms with Crippen molar-refractivity contribution in [1.29, 1.82) is 0 Å². The molecule has 106 valence electrons. The van der Waals surface area contributed by atoms with Crippen molar-refractivity contribution in [1.82, 2.24) is 4.98 Å². The number of rotatable bonds is 3. The van der Waals surface area contributed by atoms with E-state index < -0.39 is 41.1 Å². The summed E-state index contributed by atoms with van der Waals surface area (Å²) in [4.78, 5) is 14.2. The maximum atomic E-state index is 12.9. The molecule has 1 aromatic rings. The number of nitrogens with zero attached hydrogens (tertiary/aromatic N) is 1. The summed E-state index contributed by atoms with van der Waals surface area (Å²) in [7, 11) is 1.68. The lowest BCUT2D eigenvalue weighted by atomic mass is 10.1. The van der Waals surface area contributed by atoms with Crippen LogP contribution in [0.1, 0.15) is 28.0 Å². The van der Waals surface area contributed by atoms with E-state index in [0.29, 0.717) is 6.20 Å². The molecule has 1 rings (SSSR count). The zero-order chi connectivity index (χ0) is 14.8. The zero-order valence-electron chi connectivity index (χ0n) is 9.72. The zero-order valence-corrected chi connectivity index (χ0v) is 9.72. The molecule has 4 nitrogen and oxygen atoms in total. The van der Waals surface area contributed by atoms with Gasteiger partial charge in [-0.2, -0.15) is 13.2 Å². The number of alkyl halides is 5. The van der Waals surface area contributed by atoms with Crippen LogP contribution in [0.15, 0.2) is 6.20 Å². The summed E-state index contributed by atoms with van der Waals surface area (Å²) in [5.41, 5.74) is -3.60. The molecule has 0 spiro atoms. The van der Waals surface area contributed by atoms with Crippen molar-refractivity contribution in [2.75, 3.05) is 14.2 Å². The van der Waals surface area contributed by atoms with E-state index >= 15 is 0 Å². The van der Waals surface area contributed by atoms with Gasteiger partial charge in [0, 0.05) is 6.20 Å². The summed E-state index contributed by atoms with van der Waals surface area (Å²) in [6.45, 7) is 0. The minimum atomic E-state index is -4.98. The van der Waals surface area contributed by atoms with Crippen molar-refractivity contribution in [3.63, 3.8) is 0 Å². The highest BCUT2D eigenvalue weighted by molar-refractivity contribution is 5.91. The van der Waals surface area contributed by atoms with Gasteiger partial charge in [-0.05, 0) is 0 Å². The van der Waals surface area contributed by atoms with Gasteiger partial charge in [-0.15, -0.1) is 0 Å². The Morgan fingerprint density at radius 2 is 1.89 bits per heavy atom. The second kappa shape index (κ2) is 5.37. The summed E-state index contributed by atoms with van der Waals surface area (Å²) >= 11 is 0. The molecule has 0 aromatic carbocycles. The maximum absolute atomic E-state index is 12.9. The fourth-order valence-electron chi connectivity index (χ4n) is 1.40. The quantitative estimate of drug-likeness (QED) is 0.633. The van der Waals surface area contributed by atoms with Crippen molar-refractivity contribution in [2.24, 2.45) is 0 Å². The van der Waals surface area contributed by atoms with Crippen molar-refractivity contribution < 1.29 is 36.2 Å². The van der Waals surface area contributed by atoms with Gasteiger partial charge in [0.1, 0.15) is 0 Å². The summed E-state index contributed by atoms with van der Waals surface area (Å²) in [6, 6.07) is 0. The second-order valence-electron chi connectivity index (χ2n) is 3.26. The highest BCUT2D eigenvalue weighted by atomic mass is 19.4. The Morgan fingerprint density at radius 3 is 2.26 bits per heavy atom. The number of pyridine rings is 1. The molecule has 9 heteroatoms. The van der Waals surface area contributed by atoms with E-state index in [1.165, 1.54) is 0 Å². The van der Waals surface area contributed by atoms with Gasteiger partial charge in [-0.1, -0.05) is 0 Å². The van der Waals surface area contributed by atoms with Crippen molar-refractivity contribution in [3.8, 4) is 5.75 Å². The molecule has 0 N–H and O–H groups in total. The Hall–Kier alpha value is -1.93. The molecule has 0 saturated heterocycles. The minimum Gasteiger partial charge on any atom is -0.494 e. The summed E-state index contributed by atoms with van der Waals surface area (Å²) in [6.07, 6.45) is -7.95. The number of hydrogen-bond donors (Lipinski definition) is 0. The molecule has 0 aliphatic rings. The fraction of sp³-hybridized carbons (Fsp3) is 0.400. The average Bonchev–Trinajstić information content (AvgIpc) is 2.34. The van der Waals surface area contributed by atoms with Gasteiger partial charge < -0.3 is 9.47 Å². The molecular formula is C10H8F5NO3. The normalized spacial score (nSPS) is 11.6. The van der Waals surface area contributed by atoms with Gasteiger partial charge in [0.2, 0.25) is 0 Å². The third-order valence-electron chi connectivity index (χ3n) is 2.17. The Balaban J connectivity index is 3.61. The van der Waals surface area contributed by atoms with Crippen molar-refractivity contribution in [3.05, 3.63) is 23.0 Å². The lowest BCUT2D eigenvalue weighted by Crippen LogP contribution is -2.16. The first-order valence-electron chi connectivity index (χ1n) is 4.74. The number of esters is 1. The maximum Gasteiger partial charge on any atom is 0.437 e. The third kappa shape index (κ3) is 2.91. The van der Waals surface area contributed by atoms with Crippen molar-refractivity contribution >= 4 is 5.97 Å². The van der Waals surface area contributed by atoms with Crippen LogP contribution < -0.4 is 4.74 Å². The van der Waals surface area contributed by atoms with E-state index in [2.05, 4.69) is 14.5 Å². The van der Waals surface area contributed by atoms with E-state index in [1.54, 1.807) is 0 Å². The van der Waals surface area contributed by atoms with Crippen LogP contribution in [-0.2, 0) is 10.9 Å². The smallest absolute Gasteiger partial charge is 0.437 e. The molecule has 1 heterocycles. The number of halogens is 5. The van der Waals surface area contributed by atoms with Gasteiger partial charge in [0.05, 0.1) is 25.3 Å². The Labute approximate surface area is 104 Å². The Kier molecular flexibility index (Phi) is 4.28. The van der Waals surface area contributed by atoms with Gasteiger partial charge in [0.15, 0.2) is 11.4 Å². The van der Waals surface area contributed by atoms with E-state index in [0.717, 1.165) is 14.2 Å². The topological polar surface area (TPSA) is 48.4 Å². The number of methoxy groups -OCH3 is 2. The van der Waals surface area contributed by atoms with E-state index in [4.69, 9.17) is 0 Å². The van der Waals surface area contributed by atoms with Crippen LogP contribution in [0.3, 0.4) is 0 Å². The number of aromatic nitrogens is 1. The molecule has 0 unspecified atom stereocenters. The van der Waals surface area contributed by atoms with Crippen LogP contribution in [0.25, 0.3) is 0 Å². The molecule has 19 heavy (non-hydrogen) atoms. The molecule has 0 saturated carbocycles. The molecular weight excluding hydrogens is 277 g/mol. The average molecular weight is 285 g/mol. The highest BCUT2D eigenvalue weighted by Crippen LogP contribution is 2.41. The lowest BCUT2D eigenvalue weighted by molar-refractivity contribution is -0.142. The SMILES string of the molecule is COC(=O)c1cnc(C(F)(F)F)c(OC)c1C(F)F. The fourth-order valence-corrected chi connectivity index (χ4v) is 1.40. The molecule has 0 fully saturated rings. The number of carbonyl (C=O) groups is 1. The first-order valence-corrected chi connectivity index (χ1v) is 4.74.